The molecule has 0 aliphatic carbocycles. The third kappa shape index (κ3) is 32.9. The smallest absolute Gasteiger partial charge is 0.0811 e. The van der Waals surface area contributed by atoms with E-state index >= 15 is 0 Å². The van der Waals surface area contributed by atoms with E-state index in [9.17, 15) is 0 Å². The number of benzene rings is 13. The summed E-state index contributed by atoms with van der Waals surface area (Å²) in [6.07, 6.45) is 13.1. The van der Waals surface area contributed by atoms with Crippen LogP contribution >= 0.6 is 0 Å². The van der Waals surface area contributed by atoms with Gasteiger partial charge in [-0.15, -0.1) is 0 Å². The number of aryl methyl sites for hydroxylation is 7. The average molecular weight is 1770 g/mol. The fourth-order valence-electron chi connectivity index (χ4n) is 14.1. The van der Waals surface area contributed by atoms with Crippen LogP contribution in [0.5, 0.6) is 0 Å². The Labute approximate surface area is 802 Å². The number of fused-ring (bicyclic) bond motifs is 21. The standard InChI is InChI=1S/6C14H11N.C13H10N2.14C2H6/c1-10-4-2-6-13-12(10)8-7-11-5-3-9-15-14(11)13;1-10-9-11-5-4-8-15-14(11)13-7-3-2-6-12(10)13;1-10-9-11-5-2-3-6-13(11)14-12(10)7-4-8-15-14;1-10-8-12-7-6-11-4-2-3-5-13(11)14(12)15-9-10;1-10-8-9-15-14-12(10)7-6-11-4-2-3-5-13(11)14;1-10-6-7-12-9-8-11-4-2-3-5-13(11)14(12)15-10;1-9-4-5-12-11(7-9)13-10(8-15-12)3-2-6-14-13;14*1-2/h6*2-9H,1H3;2-8H,1H3;14*1-2H3. The molecule has 0 N–H and O–H groups in total. The summed E-state index contributed by atoms with van der Waals surface area (Å²) >= 11 is 0. The topological polar surface area (TPSA) is 103 Å². The number of hydrogen-bond acceptors (Lipinski definition) is 8. The predicted octanol–water partition coefficient (Wildman–Crippen LogP) is 39.6. The van der Waals surface area contributed by atoms with Crippen LogP contribution in [0.3, 0.4) is 0 Å². The Balaban J connectivity index is 0.000000742. The third-order valence-electron chi connectivity index (χ3n) is 19.4. The Hall–Kier alpha value is -13.3. The number of nitrogens with zero attached hydrogens (tertiary/aromatic N) is 8. The lowest BCUT2D eigenvalue weighted by Crippen LogP contribution is -1.85. The van der Waals surface area contributed by atoms with Crippen molar-refractivity contribution in [2.45, 2.75) is 242 Å². The van der Waals surface area contributed by atoms with E-state index in [0.717, 1.165) is 60.6 Å². The maximum Gasteiger partial charge on any atom is 0.0811 e. The summed E-state index contributed by atoms with van der Waals surface area (Å²) in [6, 6.07) is 101. The van der Waals surface area contributed by atoms with Crippen LogP contribution in [0.15, 0.2) is 335 Å². The summed E-state index contributed by atoms with van der Waals surface area (Å²) in [6.45, 7) is 70.7. The van der Waals surface area contributed by atoms with Crippen molar-refractivity contribution in [2.24, 2.45) is 0 Å². The minimum atomic E-state index is 1.01. The fraction of sp³-hybridized carbons (Fsp3) is 0.280. The van der Waals surface area contributed by atoms with Gasteiger partial charge in [0.1, 0.15) is 0 Å². The molecular formula is C125H160N8. The molecule has 700 valence electrons. The molecule has 0 fully saturated rings. The van der Waals surface area contributed by atoms with Gasteiger partial charge in [0.2, 0.25) is 0 Å². The first-order valence-corrected chi connectivity index (χ1v) is 49.5. The minimum Gasteiger partial charge on any atom is -0.256 e. The highest BCUT2D eigenvalue weighted by molar-refractivity contribution is 6.11. The molecule has 0 amide bonds. The highest BCUT2D eigenvalue weighted by atomic mass is 14.7. The Morgan fingerprint density at radius 3 is 1.02 bits per heavy atom. The van der Waals surface area contributed by atoms with Crippen molar-refractivity contribution in [1.82, 2.24) is 39.9 Å². The molecule has 8 nitrogen and oxygen atoms in total. The maximum absolute atomic E-state index is 4.60. The predicted molar refractivity (Wildman–Crippen MR) is 605 cm³/mol. The highest BCUT2D eigenvalue weighted by Gasteiger charge is 2.09. The number of rotatable bonds is 0. The van der Waals surface area contributed by atoms with Gasteiger partial charge in [-0.1, -0.05) is 424 Å². The van der Waals surface area contributed by atoms with Crippen molar-refractivity contribution in [3.8, 4) is 0 Å². The average Bonchev–Trinajstić information content (AvgIpc) is 0.786. The molecule has 21 aromatic rings. The van der Waals surface area contributed by atoms with Crippen LogP contribution in [0.2, 0.25) is 0 Å². The lowest BCUT2D eigenvalue weighted by molar-refractivity contribution is 1.26. The molecule has 8 heteroatoms. The van der Waals surface area contributed by atoms with Gasteiger partial charge >= 0.3 is 0 Å². The molecule has 21 rings (SSSR count). The summed E-state index contributed by atoms with van der Waals surface area (Å²) < 4.78 is 0. The van der Waals surface area contributed by atoms with E-state index in [1.165, 1.54) is 130 Å². The highest BCUT2D eigenvalue weighted by Crippen LogP contribution is 2.32. The molecule has 0 saturated carbocycles. The van der Waals surface area contributed by atoms with E-state index in [-0.39, 0.29) is 0 Å². The maximum atomic E-state index is 4.60. The molecule has 0 bridgehead atoms. The van der Waals surface area contributed by atoms with Gasteiger partial charge in [-0.05, 0) is 175 Å². The Morgan fingerprint density at radius 2 is 0.466 bits per heavy atom. The molecule has 0 saturated heterocycles. The second-order valence-corrected chi connectivity index (χ2v) is 26.7. The van der Waals surface area contributed by atoms with Crippen molar-refractivity contribution in [2.75, 3.05) is 0 Å². The molecule has 133 heavy (non-hydrogen) atoms. The number of pyridine rings is 8. The van der Waals surface area contributed by atoms with Crippen molar-refractivity contribution >= 4 is 152 Å². The lowest BCUT2D eigenvalue weighted by Gasteiger charge is -2.05. The molecule has 13 aromatic carbocycles. The summed E-state index contributed by atoms with van der Waals surface area (Å²) in [5, 5.41) is 24.6. The van der Waals surface area contributed by atoms with Crippen LogP contribution < -0.4 is 0 Å². The summed E-state index contributed by atoms with van der Waals surface area (Å²) in [5.74, 6) is 0. The van der Waals surface area contributed by atoms with Crippen LogP contribution in [0.4, 0.5) is 0 Å². The number of aromatic nitrogens is 8. The second-order valence-electron chi connectivity index (χ2n) is 26.7. The first kappa shape index (κ1) is 118. The van der Waals surface area contributed by atoms with Gasteiger partial charge in [0.05, 0.1) is 44.1 Å². The lowest BCUT2D eigenvalue weighted by atomic mass is 10.0. The quantitative estimate of drug-likeness (QED) is 0.138. The molecule has 8 aromatic heterocycles. The zero-order valence-corrected chi connectivity index (χ0v) is 87.8. The van der Waals surface area contributed by atoms with Crippen molar-refractivity contribution < 1.29 is 0 Å². The van der Waals surface area contributed by atoms with E-state index in [0.29, 0.717) is 0 Å². The number of hydrogen-bond donors (Lipinski definition) is 0. The van der Waals surface area contributed by atoms with Gasteiger partial charge < -0.3 is 0 Å². The monoisotopic (exact) mass is 1770 g/mol. The van der Waals surface area contributed by atoms with E-state index < -0.39 is 0 Å². The summed E-state index contributed by atoms with van der Waals surface area (Å²) in [5.41, 5.74) is 17.3. The molecular weight excluding hydrogens is 1610 g/mol. The molecule has 0 radical (unpaired) electrons. The first-order valence-electron chi connectivity index (χ1n) is 49.5. The SMILES string of the molecule is CC.CC.CC.CC.CC.CC.CC.CC.CC.CC.CC.CC.CC.CC.Cc1cc2ccccc2c2ncccc12.Cc1cc2cccnc2c2ccccc12.Cc1ccc2ccc3ccccc3c2n1.Cc1ccc2ncc3cccnc3c2c1.Cc1cccc2c1ccc1cccnc12.Cc1ccnc2c1ccc1ccccc12.Cc1cnc2c(ccc3ccccc32)c1. The first-order chi connectivity index (χ1) is 65.5. The van der Waals surface area contributed by atoms with Crippen LogP contribution in [0, 0.1) is 48.5 Å². The molecule has 0 aliphatic heterocycles. The van der Waals surface area contributed by atoms with E-state index in [1.807, 2.05) is 281 Å². The van der Waals surface area contributed by atoms with E-state index in [4.69, 9.17) is 0 Å². The second kappa shape index (κ2) is 68.7. The molecule has 8 heterocycles. The van der Waals surface area contributed by atoms with E-state index in [1.54, 1.807) is 0 Å². The summed E-state index contributed by atoms with van der Waals surface area (Å²) in [7, 11) is 0. The van der Waals surface area contributed by atoms with Crippen LogP contribution in [0.1, 0.15) is 233 Å². The van der Waals surface area contributed by atoms with E-state index in [2.05, 4.69) is 336 Å². The van der Waals surface area contributed by atoms with Crippen molar-refractivity contribution in [3.63, 3.8) is 0 Å². The van der Waals surface area contributed by atoms with Gasteiger partial charge in [0, 0.05) is 124 Å². The van der Waals surface area contributed by atoms with Crippen LogP contribution in [0.25, 0.3) is 152 Å². The van der Waals surface area contributed by atoms with Crippen LogP contribution in [-0.4, -0.2) is 39.9 Å². The zero-order valence-electron chi connectivity index (χ0n) is 87.8. The Kier molecular flexibility index (Phi) is 60.8. The Morgan fingerprint density at radius 1 is 0.150 bits per heavy atom. The van der Waals surface area contributed by atoms with Crippen molar-refractivity contribution in [1.29, 1.82) is 0 Å². The third-order valence-corrected chi connectivity index (χ3v) is 19.4. The van der Waals surface area contributed by atoms with Gasteiger partial charge in [-0.3, -0.25) is 39.9 Å². The van der Waals surface area contributed by atoms with Gasteiger partial charge in [-0.2, -0.15) is 0 Å². The summed E-state index contributed by atoms with van der Waals surface area (Å²) in [4.78, 5) is 35.8. The molecule has 0 atom stereocenters. The molecule has 0 aliphatic rings. The fourth-order valence-corrected chi connectivity index (χ4v) is 14.1. The zero-order chi connectivity index (χ0) is 99.8. The molecule has 0 unspecified atom stereocenters. The van der Waals surface area contributed by atoms with Crippen LogP contribution in [-0.2, 0) is 0 Å². The normalized spacial score (nSPS) is 9.32. The van der Waals surface area contributed by atoms with Gasteiger partial charge in [0.15, 0.2) is 0 Å². The van der Waals surface area contributed by atoms with Gasteiger partial charge in [0.25, 0.3) is 0 Å². The van der Waals surface area contributed by atoms with Crippen molar-refractivity contribution in [3.05, 3.63) is 374 Å². The van der Waals surface area contributed by atoms with Gasteiger partial charge in [-0.25, -0.2) is 0 Å². The molecule has 0 spiro atoms. The minimum absolute atomic E-state index is 1.01. The Bertz CT molecular complexity index is 6300. The largest absolute Gasteiger partial charge is 0.256 e.